The molecule has 0 bridgehead atoms. The molecule has 26 heavy (non-hydrogen) atoms. The third-order valence-electron chi connectivity index (χ3n) is 5.25. The van der Waals surface area contributed by atoms with E-state index in [-0.39, 0.29) is 11.9 Å². The Kier molecular flexibility index (Phi) is 8.43. The lowest BCUT2D eigenvalue weighted by atomic mass is 9.75. The fourth-order valence-electron chi connectivity index (χ4n) is 3.52. The van der Waals surface area contributed by atoms with Crippen molar-refractivity contribution in [1.29, 1.82) is 0 Å². The van der Waals surface area contributed by atoms with Gasteiger partial charge in [0.25, 0.3) is 0 Å². The predicted octanol–water partition coefficient (Wildman–Crippen LogP) is 4.98. The Labute approximate surface area is 157 Å². The number of aliphatic hydroxyl groups is 1. The summed E-state index contributed by atoms with van der Waals surface area (Å²) in [5, 5.41) is 11.0. The van der Waals surface area contributed by atoms with Crippen molar-refractivity contribution in [3.8, 4) is 5.75 Å². The molecule has 0 spiro atoms. The Morgan fingerprint density at radius 1 is 1.04 bits per heavy atom. The number of rotatable bonds is 10. The van der Waals surface area contributed by atoms with Crippen molar-refractivity contribution in [2.24, 2.45) is 5.92 Å². The van der Waals surface area contributed by atoms with E-state index in [2.05, 4.69) is 6.92 Å². The number of ether oxygens (including phenoxy) is 2. The van der Waals surface area contributed by atoms with Crippen LogP contribution in [0, 0.1) is 5.92 Å². The van der Waals surface area contributed by atoms with Crippen molar-refractivity contribution < 1.29 is 19.4 Å². The average molecular weight is 363 g/mol. The molecule has 4 heteroatoms. The molecule has 0 amide bonds. The molecule has 1 N–H and O–H groups in total. The first-order valence-corrected chi connectivity index (χ1v) is 10.2. The Morgan fingerprint density at radius 2 is 1.73 bits per heavy atom. The molecule has 1 aromatic rings. The van der Waals surface area contributed by atoms with E-state index in [9.17, 15) is 9.90 Å². The Balaban J connectivity index is 1.82. The van der Waals surface area contributed by atoms with E-state index in [0.29, 0.717) is 32.3 Å². The highest BCUT2D eigenvalue weighted by Gasteiger charge is 2.37. The number of benzene rings is 1. The highest BCUT2D eigenvalue weighted by molar-refractivity contribution is 5.72. The van der Waals surface area contributed by atoms with Gasteiger partial charge in [0, 0.05) is 0 Å². The zero-order valence-corrected chi connectivity index (χ0v) is 16.3. The Morgan fingerprint density at radius 3 is 2.35 bits per heavy atom. The van der Waals surface area contributed by atoms with Crippen LogP contribution in [0.4, 0.5) is 0 Å². The number of hydrogen-bond donors (Lipinski definition) is 1. The summed E-state index contributed by atoms with van der Waals surface area (Å²) in [4.78, 5) is 12.0. The second-order valence-electron chi connectivity index (χ2n) is 7.41. The molecule has 1 aromatic carbocycles. The minimum atomic E-state index is -0.846. The lowest BCUT2D eigenvalue weighted by Gasteiger charge is -2.35. The summed E-state index contributed by atoms with van der Waals surface area (Å²) in [5.74, 6) is 0.666. The summed E-state index contributed by atoms with van der Waals surface area (Å²) in [6.45, 7) is 5.42. The Bertz CT molecular complexity index is 530. The molecular weight excluding hydrogens is 328 g/mol. The van der Waals surface area contributed by atoms with Crippen LogP contribution < -0.4 is 4.74 Å². The van der Waals surface area contributed by atoms with Crippen LogP contribution in [0.25, 0.3) is 0 Å². The number of carbonyl (C=O) groups excluding carboxylic acids is 1. The molecule has 146 valence electrons. The van der Waals surface area contributed by atoms with Crippen molar-refractivity contribution in [2.75, 3.05) is 13.2 Å². The smallest absolute Gasteiger partial charge is 0.308 e. The van der Waals surface area contributed by atoms with E-state index in [1.165, 1.54) is 19.3 Å². The summed E-state index contributed by atoms with van der Waals surface area (Å²) < 4.78 is 11.0. The maximum Gasteiger partial charge on any atom is 0.308 e. The van der Waals surface area contributed by atoms with Crippen molar-refractivity contribution in [3.63, 3.8) is 0 Å². The maximum absolute atomic E-state index is 12.0. The molecule has 1 aliphatic rings. The SMILES string of the molecule is CCCCCCOc1ccc(C2(O)CCC(C(=O)OCCC)CC2)cc1. The van der Waals surface area contributed by atoms with Crippen LogP contribution >= 0.6 is 0 Å². The van der Waals surface area contributed by atoms with Crippen LogP contribution in [0.1, 0.15) is 77.2 Å². The number of unbranched alkanes of at least 4 members (excludes halogenated alkanes) is 3. The van der Waals surface area contributed by atoms with Gasteiger partial charge >= 0.3 is 5.97 Å². The van der Waals surface area contributed by atoms with Gasteiger partial charge in [-0.1, -0.05) is 45.2 Å². The van der Waals surface area contributed by atoms with E-state index in [1.807, 2.05) is 31.2 Å². The van der Waals surface area contributed by atoms with Gasteiger partial charge in [-0.25, -0.2) is 0 Å². The van der Waals surface area contributed by atoms with Gasteiger partial charge in [-0.3, -0.25) is 4.79 Å². The second-order valence-corrected chi connectivity index (χ2v) is 7.41. The molecule has 0 radical (unpaired) electrons. The van der Waals surface area contributed by atoms with Gasteiger partial charge in [0.1, 0.15) is 5.75 Å². The normalized spacial score (nSPS) is 22.8. The third kappa shape index (κ3) is 6.01. The molecule has 0 unspecified atom stereocenters. The maximum atomic E-state index is 12.0. The lowest BCUT2D eigenvalue weighted by molar-refractivity contribution is -0.151. The van der Waals surface area contributed by atoms with Crippen LogP contribution in [-0.2, 0) is 15.1 Å². The molecule has 4 nitrogen and oxygen atoms in total. The molecule has 2 rings (SSSR count). The van der Waals surface area contributed by atoms with Gasteiger partial charge in [0.15, 0.2) is 0 Å². The van der Waals surface area contributed by atoms with Crippen molar-refractivity contribution in [2.45, 2.75) is 77.2 Å². The molecule has 0 aromatic heterocycles. The zero-order valence-electron chi connectivity index (χ0n) is 16.3. The summed E-state index contributed by atoms with van der Waals surface area (Å²) in [7, 11) is 0. The zero-order chi connectivity index (χ0) is 18.8. The van der Waals surface area contributed by atoms with Crippen LogP contribution in [-0.4, -0.2) is 24.3 Å². The first-order valence-electron chi connectivity index (χ1n) is 10.2. The number of carbonyl (C=O) groups is 1. The minimum absolute atomic E-state index is 0.0763. The molecule has 0 atom stereocenters. The van der Waals surface area contributed by atoms with Gasteiger partial charge in [-0.05, 0) is 56.2 Å². The van der Waals surface area contributed by atoms with Crippen molar-refractivity contribution in [1.82, 2.24) is 0 Å². The van der Waals surface area contributed by atoms with Gasteiger partial charge in [-0.15, -0.1) is 0 Å². The van der Waals surface area contributed by atoms with E-state index in [4.69, 9.17) is 9.47 Å². The largest absolute Gasteiger partial charge is 0.494 e. The van der Waals surface area contributed by atoms with E-state index in [1.54, 1.807) is 0 Å². The molecule has 0 heterocycles. The van der Waals surface area contributed by atoms with Gasteiger partial charge in [-0.2, -0.15) is 0 Å². The minimum Gasteiger partial charge on any atom is -0.494 e. The number of hydrogen-bond acceptors (Lipinski definition) is 4. The van der Waals surface area contributed by atoms with E-state index in [0.717, 1.165) is 30.8 Å². The predicted molar refractivity (Wildman–Crippen MR) is 103 cm³/mol. The second kappa shape index (κ2) is 10.6. The van der Waals surface area contributed by atoms with Crippen molar-refractivity contribution in [3.05, 3.63) is 29.8 Å². The van der Waals surface area contributed by atoms with Crippen LogP contribution in [0.3, 0.4) is 0 Å². The molecule has 0 aliphatic heterocycles. The summed E-state index contributed by atoms with van der Waals surface area (Å²) in [6.07, 6.45) is 8.14. The van der Waals surface area contributed by atoms with Crippen LogP contribution in [0.15, 0.2) is 24.3 Å². The van der Waals surface area contributed by atoms with E-state index < -0.39 is 5.60 Å². The first-order chi connectivity index (χ1) is 12.6. The molecule has 1 saturated carbocycles. The Hall–Kier alpha value is -1.55. The van der Waals surface area contributed by atoms with Crippen LogP contribution in [0.2, 0.25) is 0 Å². The highest BCUT2D eigenvalue weighted by Crippen LogP contribution is 2.40. The average Bonchev–Trinajstić information content (AvgIpc) is 2.67. The standard InChI is InChI=1S/C22H34O4/c1-3-5-6-7-17-25-20-10-8-19(9-11-20)22(24)14-12-18(13-15-22)21(23)26-16-4-2/h8-11,18,24H,3-7,12-17H2,1-2H3. The lowest BCUT2D eigenvalue weighted by Crippen LogP contribution is -2.34. The molecule has 1 fully saturated rings. The van der Waals surface area contributed by atoms with Gasteiger partial charge in [0.05, 0.1) is 24.7 Å². The van der Waals surface area contributed by atoms with Gasteiger partial charge < -0.3 is 14.6 Å². The molecule has 0 saturated heterocycles. The van der Waals surface area contributed by atoms with E-state index >= 15 is 0 Å². The quantitative estimate of drug-likeness (QED) is 0.471. The van der Waals surface area contributed by atoms with Gasteiger partial charge in [0.2, 0.25) is 0 Å². The number of esters is 1. The fraction of sp³-hybridized carbons (Fsp3) is 0.682. The fourth-order valence-corrected chi connectivity index (χ4v) is 3.52. The van der Waals surface area contributed by atoms with Crippen molar-refractivity contribution >= 4 is 5.97 Å². The molecule has 1 aliphatic carbocycles. The highest BCUT2D eigenvalue weighted by atomic mass is 16.5. The molecular formula is C22H34O4. The van der Waals surface area contributed by atoms with Crippen LogP contribution in [0.5, 0.6) is 5.75 Å². The monoisotopic (exact) mass is 362 g/mol. The summed E-state index contributed by atoms with van der Waals surface area (Å²) >= 11 is 0. The third-order valence-corrected chi connectivity index (χ3v) is 5.25. The topological polar surface area (TPSA) is 55.8 Å². The summed E-state index contributed by atoms with van der Waals surface area (Å²) in [5.41, 5.74) is 0.0671. The summed E-state index contributed by atoms with van der Waals surface area (Å²) in [6, 6.07) is 7.79. The first kappa shape index (κ1) is 20.8.